The molecule has 2 rings (SSSR count). The van der Waals surface area contributed by atoms with Crippen LogP contribution in [0, 0.1) is 6.92 Å². The molecule has 1 unspecified atom stereocenters. The Morgan fingerprint density at radius 1 is 1.17 bits per heavy atom. The Morgan fingerprint density at radius 2 is 1.92 bits per heavy atom. The summed E-state index contributed by atoms with van der Waals surface area (Å²) in [4.78, 5) is 11.9. The average Bonchev–Trinajstić information content (AvgIpc) is 2.53. The molecule has 0 spiro atoms. The Kier molecular flexibility index (Phi) is 6.82. The first kappa shape index (κ1) is 18.0. The number of nitrogens with one attached hydrogen (secondary N) is 1. The monoisotopic (exact) mass is 326 g/mol. The van der Waals surface area contributed by atoms with Crippen LogP contribution in [-0.4, -0.2) is 18.5 Å². The van der Waals surface area contributed by atoms with Crippen LogP contribution in [0.4, 0.5) is 0 Å². The van der Waals surface area contributed by atoms with E-state index in [0.29, 0.717) is 19.6 Å². The van der Waals surface area contributed by atoms with Gasteiger partial charge in [0, 0.05) is 12.6 Å². The van der Waals surface area contributed by atoms with Gasteiger partial charge in [-0.2, -0.15) is 0 Å². The number of hydrogen-bond donors (Lipinski definition) is 2. The first-order valence-corrected chi connectivity index (χ1v) is 8.32. The lowest BCUT2D eigenvalue weighted by Crippen LogP contribution is -2.29. The zero-order valence-corrected chi connectivity index (χ0v) is 14.4. The molecule has 128 valence electrons. The summed E-state index contributed by atoms with van der Waals surface area (Å²) >= 11 is 0. The fourth-order valence-electron chi connectivity index (χ4n) is 2.40. The van der Waals surface area contributed by atoms with E-state index in [1.54, 1.807) is 0 Å². The summed E-state index contributed by atoms with van der Waals surface area (Å²) in [6, 6.07) is 16.0. The van der Waals surface area contributed by atoms with Gasteiger partial charge in [-0.1, -0.05) is 42.0 Å². The third-order valence-electron chi connectivity index (χ3n) is 3.67. The second-order valence-corrected chi connectivity index (χ2v) is 6.22. The molecule has 0 heterocycles. The van der Waals surface area contributed by atoms with E-state index in [2.05, 4.69) is 24.4 Å². The molecule has 2 aromatic rings. The van der Waals surface area contributed by atoms with Crippen LogP contribution in [0.15, 0.2) is 48.5 Å². The van der Waals surface area contributed by atoms with Crippen LogP contribution in [0.2, 0.25) is 0 Å². The predicted molar refractivity (Wildman–Crippen MR) is 96.9 cm³/mol. The van der Waals surface area contributed by atoms with Crippen molar-refractivity contribution in [2.24, 2.45) is 5.73 Å². The number of rotatable bonds is 8. The van der Waals surface area contributed by atoms with E-state index in [1.807, 2.05) is 43.3 Å². The van der Waals surface area contributed by atoms with Crippen molar-refractivity contribution in [1.82, 2.24) is 5.32 Å². The lowest BCUT2D eigenvalue weighted by molar-refractivity contribution is -0.120. The molecule has 4 heteroatoms. The molecule has 1 atom stereocenters. The van der Waals surface area contributed by atoms with Crippen molar-refractivity contribution in [1.29, 1.82) is 0 Å². The highest BCUT2D eigenvalue weighted by atomic mass is 16.5. The zero-order chi connectivity index (χ0) is 17.4. The van der Waals surface area contributed by atoms with Crippen LogP contribution in [0.5, 0.6) is 5.75 Å². The van der Waals surface area contributed by atoms with Gasteiger partial charge in [0.05, 0.1) is 6.42 Å². The molecule has 0 saturated carbocycles. The van der Waals surface area contributed by atoms with E-state index in [0.717, 1.165) is 23.3 Å². The molecule has 2 aromatic carbocycles. The standard InChI is InChI=1S/C20H26N2O2/c1-15-5-3-7-18(11-15)14-24-19-8-4-6-17(12-19)13-20(23)22-10-9-16(2)21/h3-8,11-12,16H,9-10,13-14,21H2,1-2H3,(H,22,23). The quantitative estimate of drug-likeness (QED) is 0.784. The summed E-state index contributed by atoms with van der Waals surface area (Å²) in [5.74, 6) is 0.781. The second-order valence-electron chi connectivity index (χ2n) is 6.22. The van der Waals surface area contributed by atoms with Crippen molar-refractivity contribution in [2.45, 2.75) is 39.3 Å². The largest absolute Gasteiger partial charge is 0.489 e. The van der Waals surface area contributed by atoms with Crippen molar-refractivity contribution in [3.05, 3.63) is 65.2 Å². The first-order valence-electron chi connectivity index (χ1n) is 8.32. The normalized spacial score (nSPS) is 11.8. The summed E-state index contributed by atoms with van der Waals surface area (Å²) in [5, 5.41) is 2.89. The molecule has 0 radical (unpaired) electrons. The summed E-state index contributed by atoms with van der Waals surface area (Å²) in [5.41, 5.74) is 8.96. The molecule has 0 saturated heterocycles. The van der Waals surface area contributed by atoms with Crippen LogP contribution >= 0.6 is 0 Å². The van der Waals surface area contributed by atoms with Gasteiger partial charge in [-0.15, -0.1) is 0 Å². The van der Waals surface area contributed by atoms with E-state index >= 15 is 0 Å². The van der Waals surface area contributed by atoms with Crippen LogP contribution in [0.3, 0.4) is 0 Å². The molecule has 0 fully saturated rings. The Hall–Kier alpha value is -2.33. The highest BCUT2D eigenvalue weighted by molar-refractivity contribution is 5.78. The first-order chi connectivity index (χ1) is 11.5. The molecule has 0 aromatic heterocycles. The number of carbonyl (C=O) groups is 1. The minimum Gasteiger partial charge on any atom is -0.489 e. The zero-order valence-electron chi connectivity index (χ0n) is 14.4. The number of hydrogen-bond acceptors (Lipinski definition) is 3. The van der Waals surface area contributed by atoms with Gasteiger partial charge in [0.1, 0.15) is 12.4 Å². The summed E-state index contributed by atoms with van der Waals surface area (Å²) in [6.07, 6.45) is 1.13. The molecule has 24 heavy (non-hydrogen) atoms. The van der Waals surface area contributed by atoms with Crippen LogP contribution in [0.25, 0.3) is 0 Å². The van der Waals surface area contributed by atoms with Crippen molar-refractivity contribution in [3.63, 3.8) is 0 Å². The lowest BCUT2D eigenvalue weighted by atomic mass is 10.1. The van der Waals surface area contributed by atoms with Gasteiger partial charge in [0.25, 0.3) is 0 Å². The van der Waals surface area contributed by atoms with Gasteiger partial charge in [-0.25, -0.2) is 0 Å². The van der Waals surface area contributed by atoms with Crippen LogP contribution in [-0.2, 0) is 17.8 Å². The fraction of sp³-hybridized carbons (Fsp3) is 0.350. The van der Waals surface area contributed by atoms with E-state index in [4.69, 9.17) is 10.5 Å². The second kappa shape index (κ2) is 9.08. The molecular formula is C20H26N2O2. The van der Waals surface area contributed by atoms with Crippen LogP contribution < -0.4 is 15.8 Å². The minimum atomic E-state index is 0.00600. The minimum absolute atomic E-state index is 0.00600. The van der Waals surface area contributed by atoms with Crippen molar-refractivity contribution in [3.8, 4) is 5.75 Å². The van der Waals surface area contributed by atoms with Crippen molar-refractivity contribution < 1.29 is 9.53 Å². The highest BCUT2D eigenvalue weighted by Crippen LogP contribution is 2.16. The molecular weight excluding hydrogens is 300 g/mol. The predicted octanol–water partition coefficient (Wildman–Crippen LogP) is 2.97. The molecule has 0 aliphatic heterocycles. The maximum atomic E-state index is 11.9. The number of nitrogens with two attached hydrogens (primary N) is 1. The molecule has 3 N–H and O–H groups in total. The smallest absolute Gasteiger partial charge is 0.224 e. The maximum absolute atomic E-state index is 11.9. The van der Waals surface area contributed by atoms with Gasteiger partial charge in [0.15, 0.2) is 0 Å². The Bertz CT molecular complexity index is 668. The number of benzene rings is 2. The van der Waals surface area contributed by atoms with E-state index in [9.17, 15) is 4.79 Å². The van der Waals surface area contributed by atoms with E-state index in [-0.39, 0.29) is 11.9 Å². The summed E-state index contributed by atoms with van der Waals surface area (Å²) < 4.78 is 5.83. The highest BCUT2D eigenvalue weighted by Gasteiger charge is 2.05. The van der Waals surface area contributed by atoms with Gasteiger partial charge in [-0.3, -0.25) is 4.79 Å². The lowest BCUT2D eigenvalue weighted by Gasteiger charge is -2.10. The van der Waals surface area contributed by atoms with E-state index < -0.39 is 0 Å². The molecule has 0 bridgehead atoms. The van der Waals surface area contributed by atoms with Crippen LogP contribution in [0.1, 0.15) is 30.0 Å². The fourth-order valence-corrected chi connectivity index (χ4v) is 2.40. The van der Waals surface area contributed by atoms with Crippen molar-refractivity contribution in [2.75, 3.05) is 6.54 Å². The number of aryl methyl sites for hydroxylation is 1. The maximum Gasteiger partial charge on any atom is 0.224 e. The molecule has 0 aliphatic carbocycles. The van der Waals surface area contributed by atoms with Gasteiger partial charge in [0.2, 0.25) is 5.91 Å². The average molecular weight is 326 g/mol. The Morgan fingerprint density at radius 3 is 2.67 bits per heavy atom. The van der Waals surface area contributed by atoms with Crippen molar-refractivity contribution >= 4 is 5.91 Å². The number of ether oxygens (including phenoxy) is 1. The number of amides is 1. The topological polar surface area (TPSA) is 64.3 Å². The van der Waals surface area contributed by atoms with Gasteiger partial charge in [-0.05, 0) is 43.5 Å². The molecule has 1 amide bonds. The van der Waals surface area contributed by atoms with Gasteiger partial charge >= 0.3 is 0 Å². The third kappa shape index (κ3) is 6.42. The molecule has 0 aliphatic rings. The third-order valence-corrected chi connectivity index (χ3v) is 3.67. The van der Waals surface area contributed by atoms with E-state index in [1.165, 1.54) is 5.56 Å². The number of carbonyl (C=O) groups excluding carboxylic acids is 1. The SMILES string of the molecule is Cc1cccc(COc2cccc(CC(=O)NCCC(C)N)c2)c1. The Balaban J connectivity index is 1.85. The summed E-state index contributed by atoms with van der Waals surface area (Å²) in [7, 11) is 0. The molecule has 4 nitrogen and oxygen atoms in total. The summed E-state index contributed by atoms with van der Waals surface area (Å²) in [6.45, 7) is 5.13. The van der Waals surface area contributed by atoms with Gasteiger partial charge < -0.3 is 15.8 Å². The Labute approximate surface area is 144 Å².